The maximum absolute atomic E-state index is 14.0. The number of amides is 2. The first-order chi connectivity index (χ1) is 19.9. The molecule has 0 fully saturated rings. The molecule has 0 aliphatic rings. The van der Waals surface area contributed by atoms with Crippen LogP contribution in [0.4, 0.5) is 5.69 Å². The fourth-order valence-corrected chi connectivity index (χ4v) is 6.04. The van der Waals surface area contributed by atoms with E-state index in [1.165, 1.54) is 10.6 Å². The average Bonchev–Trinajstić information content (AvgIpc) is 2.94. The summed E-state index contributed by atoms with van der Waals surface area (Å²) in [6.45, 7) is 8.10. The summed E-state index contributed by atoms with van der Waals surface area (Å²) in [5.74, 6) is -0.457. The summed E-state index contributed by atoms with van der Waals surface area (Å²) in [6.07, 6.45) is 2.63. The standard InChI is InChI=1S/C33H42ClN3O4S/c1-6-25(3)35-33(39)31(22-27-14-8-7-9-15-27)36(23-28-16-11-17-29(34)21-28)32(38)19-12-20-37(42(5,40)41)30-18-10-13-24(2)26(30)4/h7-11,13-18,21,25,31H,6,12,19-20,22-23H2,1-5H3,(H,35,39)/t25-,31-/m0/s1. The van der Waals surface area contributed by atoms with Crippen molar-refractivity contribution in [3.8, 4) is 0 Å². The van der Waals surface area contributed by atoms with Crippen LogP contribution in [0, 0.1) is 13.8 Å². The lowest BCUT2D eigenvalue weighted by Crippen LogP contribution is -2.52. The molecule has 0 heterocycles. The number of carbonyl (C=O) groups excluding carboxylic acids is 2. The third-order valence-corrected chi connectivity index (χ3v) is 8.93. The van der Waals surface area contributed by atoms with Crippen molar-refractivity contribution < 1.29 is 18.0 Å². The average molecular weight is 612 g/mol. The molecular formula is C33H42ClN3O4S. The second-order valence-electron chi connectivity index (χ2n) is 10.8. The van der Waals surface area contributed by atoms with Crippen LogP contribution in [-0.4, -0.2) is 50.0 Å². The van der Waals surface area contributed by atoms with Gasteiger partial charge in [-0.05, 0) is 74.1 Å². The van der Waals surface area contributed by atoms with Gasteiger partial charge in [-0.3, -0.25) is 13.9 Å². The number of rotatable bonds is 14. The monoisotopic (exact) mass is 611 g/mol. The van der Waals surface area contributed by atoms with Crippen LogP contribution >= 0.6 is 11.6 Å². The lowest BCUT2D eigenvalue weighted by atomic mass is 10.0. The molecular weight excluding hydrogens is 570 g/mol. The quantitative estimate of drug-likeness (QED) is 0.240. The van der Waals surface area contributed by atoms with Crippen molar-refractivity contribution in [2.24, 2.45) is 0 Å². The van der Waals surface area contributed by atoms with Gasteiger partial charge in [-0.15, -0.1) is 0 Å². The molecule has 0 bridgehead atoms. The second-order valence-corrected chi connectivity index (χ2v) is 13.2. The van der Waals surface area contributed by atoms with Gasteiger partial charge in [-0.2, -0.15) is 0 Å². The van der Waals surface area contributed by atoms with Crippen LogP contribution in [0.15, 0.2) is 72.8 Å². The summed E-state index contributed by atoms with van der Waals surface area (Å²) in [5, 5.41) is 3.61. The third kappa shape index (κ3) is 9.33. The highest BCUT2D eigenvalue weighted by Gasteiger charge is 2.31. The van der Waals surface area contributed by atoms with E-state index in [4.69, 9.17) is 11.6 Å². The maximum atomic E-state index is 14.0. The molecule has 1 N–H and O–H groups in total. The Hall–Kier alpha value is -3.36. The van der Waals surface area contributed by atoms with Crippen molar-refractivity contribution in [2.45, 2.75) is 72.0 Å². The molecule has 0 saturated carbocycles. The number of hydrogen-bond donors (Lipinski definition) is 1. The third-order valence-electron chi connectivity index (χ3n) is 7.51. The number of sulfonamides is 1. The predicted molar refractivity (Wildman–Crippen MR) is 171 cm³/mol. The number of carbonyl (C=O) groups is 2. The van der Waals surface area contributed by atoms with Gasteiger partial charge in [0.25, 0.3) is 0 Å². The van der Waals surface area contributed by atoms with Gasteiger partial charge in [-0.25, -0.2) is 8.42 Å². The fraction of sp³-hybridized carbons (Fsp3) is 0.394. The summed E-state index contributed by atoms with van der Waals surface area (Å²) in [6, 6.07) is 21.6. The van der Waals surface area contributed by atoms with Gasteiger partial charge in [0.1, 0.15) is 6.04 Å². The molecule has 0 aromatic heterocycles. The van der Waals surface area contributed by atoms with E-state index in [1.54, 1.807) is 23.1 Å². The van der Waals surface area contributed by atoms with Gasteiger partial charge in [0.2, 0.25) is 21.8 Å². The number of aryl methyl sites for hydroxylation is 1. The molecule has 2 amide bonds. The molecule has 3 aromatic carbocycles. The van der Waals surface area contributed by atoms with Crippen LogP contribution in [0.25, 0.3) is 0 Å². The summed E-state index contributed by atoms with van der Waals surface area (Å²) in [4.78, 5) is 29.2. The topological polar surface area (TPSA) is 86.8 Å². The second kappa shape index (κ2) is 15.2. The Morgan fingerprint density at radius 3 is 2.26 bits per heavy atom. The lowest BCUT2D eigenvalue weighted by molar-refractivity contribution is -0.141. The minimum absolute atomic E-state index is 0.0558. The number of hydrogen-bond acceptors (Lipinski definition) is 4. The van der Waals surface area contributed by atoms with Gasteiger partial charge in [0, 0.05) is 37.0 Å². The molecule has 2 atom stereocenters. The number of benzene rings is 3. The Labute approximate surface area is 255 Å². The van der Waals surface area contributed by atoms with Crippen LogP contribution in [0.2, 0.25) is 5.02 Å². The van der Waals surface area contributed by atoms with E-state index in [0.717, 1.165) is 28.7 Å². The van der Waals surface area contributed by atoms with Gasteiger partial charge in [0.05, 0.1) is 11.9 Å². The van der Waals surface area contributed by atoms with E-state index in [9.17, 15) is 18.0 Å². The highest BCUT2D eigenvalue weighted by atomic mass is 35.5. The van der Waals surface area contributed by atoms with Crippen LogP contribution in [0.1, 0.15) is 55.4 Å². The minimum Gasteiger partial charge on any atom is -0.352 e. The summed E-state index contributed by atoms with van der Waals surface area (Å²) < 4.78 is 26.9. The SMILES string of the molecule is CC[C@H](C)NC(=O)[C@H](Cc1ccccc1)N(Cc1cccc(Cl)c1)C(=O)CCCN(c1cccc(C)c1C)S(C)(=O)=O. The zero-order valence-electron chi connectivity index (χ0n) is 25.1. The Morgan fingerprint density at radius 2 is 1.62 bits per heavy atom. The van der Waals surface area contributed by atoms with E-state index in [0.29, 0.717) is 17.1 Å². The van der Waals surface area contributed by atoms with Crippen LogP contribution in [0.5, 0.6) is 0 Å². The number of halogens is 1. The number of nitrogens with zero attached hydrogens (tertiary/aromatic N) is 2. The summed E-state index contributed by atoms with van der Waals surface area (Å²) in [5.41, 5.74) is 4.21. The number of nitrogens with one attached hydrogen (secondary N) is 1. The first-order valence-electron chi connectivity index (χ1n) is 14.3. The first kappa shape index (κ1) is 33.1. The van der Waals surface area contributed by atoms with Gasteiger partial charge >= 0.3 is 0 Å². The Morgan fingerprint density at radius 1 is 0.952 bits per heavy atom. The summed E-state index contributed by atoms with van der Waals surface area (Å²) in [7, 11) is -3.59. The van der Waals surface area contributed by atoms with E-state index in [-0.39, 0.29) is 43.8 Å². The highest BCUT2D eigenvalue weighted by Crippen LogP contribution is 2.26. The zero-order chi connectivity index (χ0) is 30.9. The van der Waals surface area contributed by atoms with Crippen molar-refractivity contribution in [2.75, 3.05) is 17.1 Å². The van der Waals surface area contributed by atoms with Crippen molar-refractivity contribution >= 4 is 39.1 Å². The lowest BCUT2D eigenvalue weighted by Gasteiger charge is -2.33. The minimum atomic E-state index is -3.59. The van der Waals surface area contributed by atoms with Crippen molar-refractivity contribution in [1.29, 1.82) is 0 Å². The molecule has 0 aliphatic heterocycles. The molecule has 226 valence electrons. The Kier molecular flexibility index (Phi) is 12.0. The molecule has 42 heavy (non-hydrogen) atoms. The van der Waals surface area contributed by atoms with E-state index < -0.39 is 16.1 Å². The molecule has 0 saturated heterocycles. The molecule has 0 unspecified atom stereocenters. The van der Waals surface area contributed by atoms with Gasteiger partial charge in [0.15, 0.2) is 0 Å². The number of anilines is 1. The van der Waals surface area contributed by atoms with Crippen molar-refractivity contribution in [1.82, 2.24) is 10.2 Å². The fourth-order valence-electron chi connectivity index (χ4n) is 4.82. The maximum Gasteiger partial charge on any atom is 0.243 e. The Bertz CT molecular complexity index is 1460. The van der Waals surface area contributed by atoms with Crippen LogP contribution < -0.4 is 9.62 Å². The van der Waals surface area contributed by atoms with Crippen LogP contribution in [0.3, 0.4) is 0 Å². The predicted octanol–water partition coefficient (Wildman–Crippen LogP) is 6.06. The zero-order valence-corrected chi connectivity index (χ0v) is 26.7. The van der Waals surface area contributed by atoms with Crippen molar-refractivity contribution in [3.05, 3.63) is 100 Å². The molecule has 9 heteroatoms. The largest absolute Gasteiger partial charge is 0.352 e. The smallest absolute Gasteiger partial charge is 0.243 e. The first-order valence-corrected chi connectivity index (χ1v) is 16.6. The molecule has 0 radical (unpaired) electrons. The summed E-state index contributed by atoms with van der Waals surface area (Å²) >= 11 is 6.27. The van der Waals surface area contributed by atoms with E-state index >= 15 is 0 Å². The van der Waals surface area contributed by atoms with E-state index in [2.05, 4.69) is 5.32 Å². The molecule has 3 aromatic rings. The van der Waals surface area contributed by atoms with Crippen LogP contribution in [-0.2, 0) is 32.6 Å². The van der Waals surface area contributed by atoms with Gasteiger partial charge < -0.3 is 10.2 Å². The molecule has 7 nitrogen and oxygen atoms in total. The van der Waals surface area contributed by atoms with Crippen molar-refractivity contribution in [3.63, 3.8) is 0 Å². The molecule has 3 rings (SSSR count). The Balaban J connectivity index is 1.91. The highest BCUT2D eigenvalue weighted by molar-refractivity contribution is 7.92. The molecule has 0 spiro atoms. The van der Waals surface area contributed by atoms with E-state index in [1.807, 2.05) is 82.3 Å². The van der Waals surface area contributed by atoms with Gasteiger partial charge in [-0.1, -0.05) is 73.1 Å². The molecule has 0 aliphatic carbocycles. The normalized spacial score (nSPS) is 12.8.